The molecular weight excluding hydrogens is 182 g/mol. The summed E-state index contributed by atoms with van der Waals surface area (Å²) in [6.07, 6.45) is 1.63. The van der Waals surface area contributed by atoms with Gasteiger partial charge in [0.15, 0.2) is 0 Å². The van der Waals surface area contributed by atoms with Crippen molar-refractivity contribution in [1.29, 1.82) is 0 Å². The number of aliphatic hydroxyl groups excluding tert-OH is 2. The summed E-state index contributed by atoms with van der Waals surface area (Å²) in [6, 6.07) is 0.250. The number of likely N-dealkylation sites (tertiary alicyclic amines) is 1. The number of hydrogen-bond acceptors (Lipinski definition) is 4. The third-order valence-electron chi connectivity index (χ3n) is 3.34. The quantitative estimate of drug-likeness (QED) is 0.629. The number of ether oxygens (including phenoxy) is 1. The molecule has 0 aromatic rings. The predicted octanol–water partition coefficient (Wildman–Crippen LogP) is -0.550. The zero-order valence-corrected chi connectivity index (χ0v) is 8.43. The number of rotatable bonds is 2. The van der Waals surface area contributed by atoms with Crippen LogP contribution in [0.1, 0.15) is 12.8 Å². The van der Waals surface area contributed by atoms with Crippen molar-refractivity contribution < 1.29 is 14.9 Å². The highest BCUT2D eigenvalue weighted by atomic mass is 16.5. The molecule has 2 saturated heterocycles. The second kappa shape index (κ2) is 4.57. The third-order valence-corrected chi connectivity index (χ3v) is 3.34. The number of hydrogen-bond donors (Lipinski definition) is 2. The van der Waals surface area contributed by atoms with Crippen molar-refractivity contribution in [1.82, 2.24) is 4.90 Å². The van der Waals surface area contributed by atoms with Gasteiger partial charge in [0.05, 0.1) is 12.7 Å². The van der Waals surface area contributed by atoms with E-state index in [9.17, 15) is 5.11 Å². The Labute approximate surface area is 84.5 Å². The predicted molar refractivity (Wildman–Crippen MR) is 52.0 cm³/mol. The van der Waals surface area contributed by atoms with Gasteiger partial charge in [0, 0.05) is 25.8 Å². The van der Waals surface area contributed by atoms with Crippen molar-refractivity contribution in [2.45, 2.75) is 25.0 Å². The smallest absolute Gasteiger partial charge is 0.0929 e. The molecule has 0 radical (unpaired) electrons. The summed E-state index contributed by atoms with van der Waals surface area (Å²) in [4.78, 5) is 2.30. The Morgan fingerprint density at radius 1 is 1.36 bits per heavy atom. The molecule has 82 valence electrons. The van der Waals surface area contributed by atoms with Crippen LogP contribution in [0.15, 0.2) is 0 Å². The molecule has 4 nitrogen and oxygen atoms in total. The molecule has 2 aliphatic heterocycles. The first-order valence-corrected chi connectivity index (χ1v) is 5.42. The van der Waals surface area contributed by atoms with E-state index in [0.717, 1.165) is 32.5 Å². The van der Waals surface area contributed by atoms with Crippen molar-refractivity contribution >= 4 is 0 Å². The summed E-state index contributed by atoms with van der Waals surface area (Å²) in [7, 11) is 0. The molecule has 3 unspecified atom stereocenters. The van der Waals surface area contributed by atoms with Crippen LogP contribution in [0, 0.1) is 5.92 Å². The van der Waals surface area contributed by atoms with Gasteiger partial charge in [-0.15, -0.1) is 0 Å². The maximum Gasteiger partial charge on any atom is 0.0929 e. The monoisotopic (exact) mass is 201 g/mol. The van der Waals surface area contributed by atoms with Crippen LogP contribution in [0.5, 0.6) is 0 Å². The molecule has 2 fully saturated rings. The van der Waals surface area contributed by atoms with E-state index in [-0.39, 0.29) is 18.8 Å². The molecule has 0 bridgehead atoms. The number of aliphatic hydroxyl groups is 2. The van der Waals surface area contributed by atoms with Crippen molar-refractivity contribution in [3.05, 3.63) is 0 Å². The highest BCUT2D eigenvalue weighted by molar-refractivity contribution is 4.87. The minimum absolute atomic E-state index is 0.250. The Morgan fingerprint density at radius 3 is 2.86 bits per heavy atom. The molecule has 0 aliphatic carbocycles. The lowest BCUT2D eigenvalue weighted by atomic mass is 10.0. The van der Waals surface area contributed by atoms with E-state index in [1.807, 2.05) is 0 Å². The first-order valence-electron chi connectivity index (χ1n) is 5.42. The fourth-order valence-electron chi connectivity index (χ4n) is 2.45. The minimum atomic E-state index is -0.346. The van der Waals surface area contributed by atoms with Gasteiger partial charge in [-0.1, -0.05) is 0 Å². The highest BCUT2D eigenvalue weighted by Gasteiger charge is 2.33. The highest BCUT2D eigenvalue weighted by Crippen LogP contribution is 2.23. The fraction of sp³-hybridized carbons (Fsp3) is 1.00. The van der Waals surface area contributed by atoms with E-state index in [2.05, 4.69) is 4.90 Å². The van der Waals surface area contributed by atoms with Crippen LogP contribution in [0.25, 0.3) is 0 Å². The first-order chi connectivity index (χ1) is 6.81. The van der Waals surface area contributed by atoms with Crippen LogP contribution in [-0.4, -0.2) is 60.2 Å². The summed E-state index contributed by atoms with van der Waals surface area (Å²) in [5.74, 6) is 0.407. The lowest BCUT2D eigenvalue weighted by Gasteiger charge is -2.35. The molecule has 2 aliphatic rings. The van der Waals surface area contributed by atoms with Crippen LogP contribution >= 0.6 is 0 Å². The Kier molecular flexibility index (Phi) is 3.38. The van der Waals surface area contributed by atoms with E-state index in [1.165, 1.54) is 0 Å². The van der Waals surface area contributed by atoms with E-state index < -0.39 is 0 Å². The molecule has 2 heterocycles. The summed E-state index contributed by atoms with van der Waals surface area (Å²) in [5, 5.41) is 18.8. The Morgan fingerprint density at radius 2 is 2.21 bits per heavy atom. The molecule has 3 atom stereocenters. The molecule has 4 heteroatoms. The summed E-state index contributed by atoms with van der Waals surface area (Å²) >= 11 is 0. The van der Waals surface area contributed by atoms with Crippen molar-refractivity contribution in [2.24, 2.45) is 5.92 Å². The van der Waals surface area contributed by atoms with Crippen LogP contribution in [-0.2, 0) is 4.74 Å². The second-order valence-corrected chi connectivity index (χ2v) is 4.33. The largest absolute Gasteiger partial charge is 0.396 e. The maximum atomic E-state index is 9.76. The van der Waals surface area contributed by atoms with Gasteiger partial charge < -0.3 is 14.9 Å². The SMILES string of the molecule is OCC1CCN(C2CCOCC2O)C1. The van der Waals surface area contributed by atoms with Crippen LogP contribution in [0.3, 0.4) is 0 Å². The summed E-state index contributed by atoms with van der Waals surface area (Å²) < 4.78 is 5.20. The normalized spacial score (nSPS) is 40.3. The molecule has 2 rings (SSSR count). The molecule has 0 saturated carbocycles. The lowest BCUT2D eigenvalue weighted by Crippen LogP contribution is -2.48. The third kappa shape index (κ3) is 2.08. The van der Waals surface area contributed by atoms with Crippen LogP contribution in [0.4, 0.5) is 0 Å². The second-order valence-electron chi connectivity index (χ2n) is 4.33. The molecule has 0 amide bonds. The fourth-order valence-corrected chi connectivity index (χ4v) is 2.45. The standard InChI is InChI=1S/C10H19NO3/c12-6-8-1-3-11(5-8)9-2-4-14-7-10(9)13/h8-10,12-13H,1-7H2. The van der Waals surface area contributed by atoms with Gasteiger partial charge in [0.2, 0.25) is 0 Å². The van der Waals surface area contributed by atoms with Crippen molar-refractivity contribution in [2.75, 3.05) is 32.9 Å². The molecular formula is C10H19NO3. The topological polar surface area (TPSA) is 52.9 Å². The van der Waals surface area contributed by atoms with Gasteiger partial charge in [-0.25, -0.2) is 0 Å². The molecule has 2 N–H and O–H groups in total. The average molecular weight is 201 g/mol. The van der Waals surface area contributed by atoms with E-state index in [4.69, 9.17) is 9.84 Å². The van der Waals surface area contributed by atoms with E-state index in [0.29, 0.717) is 12.5 Å². The maximum absolute atomic E-state index is 9.76. The van der Waals surface area contributed by atoms with E-state index >= 15 is 0 Å². The number of nitrogens with zero attached hydrogens (tertiary/aromatic N) is 1. The summed E-state index contributed by atoms with van der Waals surface area (Å²) in [6.45, 7) is 3.42. The molecule has 0 spiro atoms. The average Bonchev–Trinajstić information content (AvgIpc) is 2.67. The van der Waals surface area contributed by atoms with Crippen molar-refractivity contribution in [3.8, 4) is 0 Å². The Hall–Kier alpha value is -0.160. The molecule has 0 aromatic heterocycles. The zero-order valence-electron chi connectivity index (χ0n) is 8.43. The lowest BCUT2D eigenvalue weighted by molar-refractivity contribution is -0.0604. The van der Waals surface area contributed by atoms with Gasteiger partial charge >= 0.3 is 0 Å². The van der Waals surface area contributed by atoms with Gasteiger partial charge in [-0.05, 0) is 25.3 Å². The van der Waals surface area contributed by atoms with Crippen LogP contribution in [0.2, 0.25) is 0 Å². The van der Waals surface area contributed by atoms with E-state index in [1.54, 1.807) is 0 Å². The molecule has 14 heavy (non-hydrogen) atoms. The Bertz CT molecular complexity index is 188. The molecule has 0 aromatic carbocycles. The summed E-state index contributed by atoms with van der Waals surface area (Å²) in [5.41, 5.74) is 0. The van der Waals surface area contributed by atoms with Gasteiger partial charge in [-0.2, -0.15) is 0 Å². The Balaban J connectivity index is 1.88. The van der Waals surface area contributed by atoms with Gasteiger partial charge in [-0.3, -0.25) is 4.90 Å². The van der Waals surface area contributed by atoms with Gasteiger partial charge in [0.25, 0.3) is 0 Å². The first kappa shape index (κ1) is 10.4. The van der Waals surface area contributed by atoms with Gasteiger partial charge in [0.1, 0.15) is 0 Å². The van der Waals surface area contributed by atoms with Crippen LogP contribution < -0.4 is 0 Å². The zero-order chi connectivity index (χ0) is 9.97. The minimum Gasteiger partial charge on any atom is -0.396 e. The van der Waals surface area contributed by atoms with Crippen molar-refractivity contribution in [3.63, 3.8) is 0 Å².